The predicted molar refractivity (Wildman–Crippen MR) is 108 cm³/mol. The Morgan fingerprint density at radius 3 is 2.24 bits per heavy atom. The van der Waals surface area contributed by atoms with E-state index in [1.165, 1.54) is 0 Å². The van der Waals surface area contributed by atoms with E-state index in [9.17, 15) is 13.2 Å². The highest BCUT2D eigenvalue weighted by Crippen LogP contribution is 2.15. The van der Waals surface area contributed by atoms with Crippen LogP contribution >= 0.6 is 0 Å². The average Bonchev–Trinajstić information content (AvgIpc) is 3.21. The van der Waals surface area contributed by atoms with Crippen LogP contribution in [0.5, 0.6) is 0 Å². The second-order valence-corrected chi connectivity index (χ2v) is 8.51. The Balaban J connectivity index is 1.40. The fourth-order valence-corrected chi connectivity index (χ4v) is 3.92. The van der Waals surface area contributed by atoms with Crippen LogP contribution in [0.2, 0.25) is 0 Å². The lowest BCUT2D eigenvalue weighted by atomic mass is 10.1. The number of hydrogen-bond donors (Lipinski definition) is 1. The van der Waals surface area contributed by atoms with Gasteiger partial charge in [-0.15, -0.1) is 5.10 Å². The van der Waals surface area contributed by atoms with E-state index in [1.807, 2.05) is 36.4 Å². The summed E-state index contributed by atoms with van der Waals surface area (Å²) in [5.41, 5.74) is 1.78. The van der Waals surface area contributed by atoms with Crippen LogP contribution < -0.4 is 5.32 Å². The first kappa shape index (κ1) is 20.7. The molecule has 0 atom stereocenters. The molecule has 0 spiro atoms. The molecule has 2 aromatic carbocycles. The molecule has 0 unspecified atom stereocenters. The van der Waals surface area contributed by atoms with E-state index in [1.54, 1.807) is 24.3 Å². The number of aryl methyl sites for hydroxylation is 2. The molecule has 0 aliphatic heterocycles. The van der Waals surface area contributed by atoms with Crippen molar-refractivity contribution in [2.45, 2.75) is 36.7 Å². The minimum atomic E-state index is -3.68. The number of sulfone groups is 1. The van der Waals surface area contributed by atoms with Crippen LogP contribution in [0, 0.1) is 0 Å². The summed E-state index contributed by atoms with van der Waals surface area (Å²) in [6.45, 7) is 0.460. The van der Waals surface area contributed by atoms with Crippen molar-refractivity contribution in [2.75, 3.05) is 6.54 Å². The highest BCUT2D eigenvalue weighted by molar-refractivity contribution is 7.90. The van der Waals surface area contributed by atoms with E-state index in [2.05, 4.69) is 15.5 Å². The number of carbonyl (C=O) groups excluding carboxylic acids is 1. The van der Waals surface area contributed by atoms with Gasteiger partial charge < -0.3 is 9.73 Å². The Labute approximate surface area is 170 Å². The van der Waals surface area contributed by atoms with Gasteiger partial charge in [-0.3, -0.25) is 4.79 Å². The second-order valence-electron chi connectivity index (χ2n) is 6.65. The number of nitrogens with one attached hydrogen (secondary N) is 1. The zero-order chi connectivity index (χ0) is 20.5. The molecule has 0 saturated heterocycles. The van der Waals surface area contributed by atoms with E-state index < -0.39 is 9.84 Å². The van der Waals surface area contributed by atoms with Crippen LogP contribution in [0.15, 0.2) is 70.3 Å². The topological polar surface area (TPSA) is 102 Å². The van der Waals surface area contributed by atoms with Crippen LogP contribution in [0.25, 0.3) is 0 Å². The van der Waals surface area contributed by atoms with Crippen LogP contribution in [-0.2, 0) is 33.2 Å². The van der Waals surface area contributed by atoms with Crippen molar-refractivity contribution in [1.29, 1.82) is 0 Å². The SMILES string of the molecule is O=C(CCc1ccccc1)NCCCc1nnc(S(=O)(=O)Cc2ccccc2)o1. The van der Waals surface area contributed by atoms with Crippen LogP contribution in [0.4, 0.5) is 0 Å². The van der Waals surface area contributed by atoms with Crippen molar-refractivity contribution < 1.29 is 17.6 Å². The molecule has 0 fully saturated rings. The number of carbonyl (C=O) groups is 1. The number of rotatable bonds is 10. The summed E-state index contributed by atoms with van der Waals surface area (Å²) in [5, 5.41) is 9.95. The molecule has 1 heterocycles. The molecule has 8 heteroatoms. The minimum Gasteiger partial charge on any atom is -0.413 e. The molecule has 1 N–H and O–H groups in total. The molecular formula is C21H23N3O4S. The van der Waals surface area contributed by atoms with Crippen molar-refractivity contribution in [3.05, 3.63) is 77.7 Å². The Morgan fingerprint density at radius 1 is 0.897 bits per heavy atom. The van der Waals surface area contributed by atoms with Gasteiger partial charge in [0.05, 0.1) is 5.75 Å². The summed E-state index contributed by atoms with van der Waals surface area (Å²) in [5.74, 6) is 0.0353. The summed E-state index contributed by atoms with van der Waals surface area (Å²) in [7, 11) is -3.68. The van der Waals surface area contributed by atoms with E-state index in [0.29, 0.717) is 37.8 Å². The third-order valence-electron chi connectivity index (χ3n) is 4.29. The molecular weight excluding hydrogens is 390 g/mol. The Morgan fingerprint density at radius 2 is 1.55 bits per heavy atom. The molecule has 1 amide bonds. The third-order valence-corrected chi connectivity index (χ3v) is 5.70. The minimum absolute atomic E-state index is 0.0227. The van der Waals surface area contributed by atoms with Gasteiger partial charge in [-0.25, -0.2) is 8.42 Å². The zero-order valence-corrected chi connectivity index (χ0v) is 16.8. The first-order valence-electron chi connectivity index (χ1n) is 9.42. The van der Waals surface area contributed by atoms with Crippen LogP contribution in [0.3, 0.4) is 0 Å². The number of benzene rings is 2. The molecule has 0 saturated carbocycles. The van der Waals surface area contributed by atoms with Gasteiger partial charge in [0.25, 0.3) is 0 Å². The van der Waals surface area contributed by atoms with E-state index in [-0.39, 0.29) is 22.8 Å². The fourth-order valence-electron chi connectivity index (χ4n) is 2.78. The molecule has 29 heavy (non-hydrogen) atoms. The summed E-state index contributed by atoms with van der Waals surface area (Å²) in [4.78, 5) is 11.9. The number of amides is 1. The smallest absolute Gasteiger partial charge is 0.335 e. The van der Waals surface area contributed by atoms with Gasteiger partial charge in [0, 0.05) is 19.4 Å². The molecule has 3 rings (SSSR count). The van der Waals surface area contributed by atoms with Gasteiger partial charge in [0.2, 0.25) is 21.6 Å². The van der Waals surface area contributed by atoms with Crippen molar-refractivity contribution in [2.24, 2.45) is 0 Å². The predicted octanol–water partition coefficient (Wildman–Crippen LogP) is 2.73. The Hall–Kier alpha value is -3.00. The van der Waals surface area contributed by atoms with Gasteiger partial charge >= 0.3 is 5.22 Å². The molecule has 3 aromatic rings. The highest BCUT2D eigenvalue weighted by atomic mass is 32.2. The fraction of sp³-hybridized carbons (Fsp3) is 0.286. The first-order valence-corrected chi connectivity index (χ1v) is 11.1. The zero-order valence-electron chi connectivity index (χ0n) is 16.0. The average molecular weight is 413 g/mol. The summed E-state index contributed by atoms with van der Waals surface area (Å²) >= 11 is 0. The number of hydrogen-bond acceptors (Lipinski definition) is 6. The summed E-state index contributed by atoms with van der Waals surface area (Å²) in [6.07, 6.45) is 2.09. The standard InChI is InChI=1S/C21H23N3O4S/c25-19(14-13-17-8-3-1-4-9-17)22-15-7-12-20-23-24-21(28-20)29(26,27)16-18-10-5-2-6-11-18/h1-6,8-11H,7,12-16H2,(H,22,25). The third kappa shape index (κ3) is 6.53. The normalized spacial score (nSPS) is 11.3. The van der Waals surface area contributed by atoms with Gasteiger partial charge in [-0.05, 0) is 24.0 Å². The molecule has 7 nitrogen and oxygen atoms in total. The summed E-state index contributed by atoms with van der Waals surface area (Å²) < 4.78 is 30.0. The molecule has 152 valence electrons. The lowest BCUT2D eigenvalue weighted by Gasteiger charge is -2.04. The van der Waals surface area contributed by atoms with Crippen LogP contribution in [0.1, 0.15) is 29.9 Å². The number of nitrogens with zero attached hydrogens (tertiary/aromatic N) is 2. The van der Waals surface area contributed by atoms with Crippen molar-refractivity contribution >= 4 is 15.7 Å². The quantitative estimate of drug-likeness (QED) is 0.513. The highest BCUT2D eigenvalue weighted by Gasteiger charge is 2.22. The summed E-state index contributed by atoms with van der Waals surface area (Å²) in [6, 6.07) is 18.7. The first-order chi connectivity index (χ1) is 14.0. The van der Waals surface area contributed by atoms with Gasteiger partial charge in [0.1, 0.15) is 0 Å². The van der Waals surface area contributed by atoms with Gasteiger partial charge in [-0.2, -0.15) is 0 Å². The number of aromatic nitrogens is 2. The lowest BCUT2D eigenvalue weighted by Crippen LogP contribution is -2.25. The second kappa shape index (κ2) is 9.97. The van der Waals surface area contributed by atoms with Crippen molar-refractivity contribution in [3.63, 3.8) is 0 Å². The maximum Gasteiger partial charge on any atom is 0.335 e. The van der Waals surface area contributed by atoms with E-state index in [4.69, 9.17) is 4.42 Å². The van der Waals surface area contributed by atoms with Gasteiger partial charge in [0.15, 0.2) is 0 Å². The molecule has 0 aliphatic carbocycles. The Bertz CT molecular complexity index is 1020. The van der Waals surface area contributed by atoms with Crippen molar-refractivity contribution in [3.8, 4) is 0 Å². The van der Waals surface area contributed by atoms with E-state index in [0.717, 1.165) is 5.56 Å². The largest absolute Gasteiger partial charge is 0.413 e. The van der Waals surface area contributed by atoms with Crippen molar-refractivity contribution in [1.82, 2.24) is 15.5 Å². The lowest BCUT2D eigenvalue weighted by molar-refractivity contribution is -0.121. The van der Waals surface area contributed by atoms with E-state index >= 15 is 0 Å². The Kier molecular flexibility index (Phi) is 7.13. The van der Waals surface area contributed by atoms with Gasteiger partial charge in [-0.1, -0.05) is 65.8 Å². The maximum absolute atomic E-state index is 12.4. The van der Waals surface area contributed by atoms with Crippen LogP contribution in [-0.4, -0.2) is 31.1 Å². The monoisotopic (exact) mass is 413 g/mol. The maximum atomic E-state index is 12.4. The molecule has 0 radical (unpaired) electrons. The molecule has 0 aliphatic rings. The molecule has 1 aromatic heterocycles. The molecule has 0 bridgehead atoms.